The first-order valence-electron chi connectivity index (χ1n) is 9.98. The fraction of sp³-hybridized carbons (Fsp3) is 0.333. The van der Waals surface area contributed by atoms with Crippen LogP contribution in [0.1, 0.15) is 43.1 Å². The van der Waals surface area contributed by atoms with Gasteiger partial charge in [-0.05, 0) is 49.9 Å². The monoisotopic (exact) mass is 375 g/mol. The van der Waals surface area contributed by atoms with Crippen molar-refractivity contribution in [3.8, 4) is 0 Å². The molecule has 0 radical (unpaired) electrons. The van der Waals surface area contributed by atoms with Gasteiger partial charge in [0.2, 0.25) is 5.91 Å². The second-order valence-electron chi connectivity index (χ2n) is 7.38. The van der Waals surface area contributed by atoms with Gasteiger partial charge in [-0.3, -0.25) is 4.79 Å². The highest BCUT2D eigenvalue weighted by Crippen LogP contribution is 2.20. The smallest absolute Gasteiger partial charge is 0.246 e. The third-order valence-corrected chi connectivity index (χ3v) is 5.07. The third-order valence-electron chi connectivity index (χ3n) is 5.07. The Morgan fingerprint density at radius 3 is 2.61 bits per heavy atom. The van der Waals surface area contributed by atoms with Crippen LogP contribution in [0.3, 0.4) is 0 Å². The van der Waals surface area contributed by atoms with Crippen LogP contribution < -0.4 is 5.32 Å². The fourth-order valence-corrected chi connectivity index (χ4v) is 3.39. The highest BCUT2D eigenvalue weighted by atomic mass is 16.1. The number of carbonyl (C=O) groups excluding carboxylic acids is 1. The SMILES string of the molecule is C=C(C)C(=O)NCCCCCc1nc2ccccc2n1Cc1ccccc1C. The summed E-state index contributed by atoms with van der Waals surface area (Å²) in [5.74, 6) is 1.08. The standard InChI is InChI=1S/C24H29N3O/c1-18(2)24(28)25-16-10-4-5-15-23-26-21-13-8-9-14-22(21)27(23)17-20-12-7-6-11-19(20)3/h6-9,11-14H,1,4-5,10,15-17H2,2-3H3,(H,25,28). The number of carbonyl (C=O) groups is 1. The van der Waals surface area contributed by atoms with E-state index >= 15 is 0 Å². The van der Waals surface area contributed by atoms with Crippen LogP contribution in [0.15, 0.2) is 60.7 Å². The van der Waals surface area contributed by atoms with Crippen LogP contribution in [0.4, 0.5) is 0 Å². The van der Waals surface area contributed by atoms with Crippen molar-refractivity contribution in [1.29, 1.82) is 0 Å². The number of rotatable bonds is 9. The van der Waals surface area contributed by atoms with Gasteiger partial charge >= 0.3 is 0 Å². The second-order valence-corrected chi connectivity index (χ2v) is 7.38. The van der Waals surface area contributed by atoms with Crippen molar-refractivity contribution >= 4 is 16.9 Å². The van der Waals surface area contributed by atoms with E-state index in [1.54, 1.807) is 6.92 Å². The van der Waals surface area contributed by atoms with Crippen LogP contribution in [-0.4, -0.2) is 22.0 Å². The van der Waals surface area contributed by atoms with E-state index in [1.165, 1.54) is 16.6 Å². The van der Waals surface area contributed by atoms with Crippen molar-refractivity contribution in [2.45, 2.75) is 46.1 Å². The Labute approximate surface area is 167 Å². The summed E-state index contributed by atoms with van der Waals surface area (Å²) in [5, 5.41) is 2.89. The van der Waals surface area contributed by atoms with Gasteiger partial charge in [0.1, 0.15) is 5.82 Å². The van der Waals surface area contributed by atoms with Crippen LogP contribution >= 0.6 is 0 Å². The van der Waals surface area contributed by atoms with Crippen molar-refractivity contribution in [2.75, 3.05) is 6.54 Å². The van der Waals surface area contributed by atoms with E-state index in [9.17, 15) is 4.79 Å². The van der Waals surface area contributed by atoms with Gasteiger partial charge in [-0.25, -0.2) is 4.98 Å². The Hall–Kier alpha value is -2.88. The van der Waals surface area contributed by atoms with E-state index in [2.05, 4.69) is 65.9 Å². The molecule has 1 heterocycles. The molecule has 1 N–H and O–H groups in total. The molecule has 2 aromatic carbocycles. The predicted octanol–water partition coefficient (Wildman–Crippen LogP) is 4.80. The molecule has 0 aliphatic heterocycles. The quantitative estimate of drug-likeness (QED) is 0.431. The molecule has 0 aliphatic rings. The number of amides is 1. The minimum Gasteiger partial charge on any atom is -0.352 e. The number of benzene rings is 2. The first kappa shape index (κ1) is 19.9. The van der Waals surface area contributed by atoms with Crippen LogP contribution in [0, 0.1) is 6.92 Å². The molecule has 28 heavy (non-hydrogen) atoms. The third kappa shape index (κ3) is 4.89. The second kappa shape index (κ2) is 9.36. The highest BCUT2D eigenvalue weighted by molar-refractivity contribution is 5.92. The van der Waals surface area contributed by atoms with Crippen molar-refractivity contribution in [2.24, 2.45) is 0 Å². The van der Waals surface area contributed by atoms with Crippen molar-refractivity contribution < 1.29 is 4.79 Å². The Morgan fingerprint density at radius 2 is 1.82 bits per heavy atom. The van der Waals surface area contributed by atoms with Crippen LogP contribution in [0.25, 0.3) is 11.0 Å². The summed E-state index contributed by atoms with van der Waals surface area (Å²) in [7, 11) is 0. The van der Waals surface area contributed by atoms with E-state index < -0.39 is 0 Å². The molecule has 4 heteroatoms. The zero-order valence-corrected chi connectivity index (χ0v) is 16.9. The number of aryl methyl sites for hydroxylation is 2. The minimum absolute atomic E-state index is 0.0555. The molecule has 146 valence electrons. The van der Waals surface area contributed by atoms with Gasteiger partial charge in [-0.15, -0.1) is 0 Å². The van der Waals surface area contributed by atoms with E-state index in [0.29, 0.717) is 12.1 Å². The summed E-state index contributed by atoms with van der Waals surface area (Å²) in [5.41, 5.74) is 5.44. The van der Waals surface area contributed by atoms with Gasteiger partial charge in [0.15, 0.2) is 0 Å². The summed E-state index contributed by atoms with van der Waals surface area (Å²) in [6.07, 6.45) is 4.02. The lowest BCUT2D eigenvalue weighted by molar-refractivity contribution is -0.117. The van der Waals surface area contributed by atoms with E-state index in [1.807, 2.05) is 6.07 Å². The summed E-state index contributed by atoms with van der Waals surface area (Å²) >= 11 is 0. The first-order chi connectivity index (χ1) is 13.6. The number of aromatic nitrogens is 2. The maximum absolute atomic E-state index is 11.5. The van der Waals surface area contributed by atoms with Crippen molar-refractivity contribution in [3.63, 3.8) is 0 Å². The largest absolute Gasteiger partial charge is 0.352 e. The lowest BCUT2D eigenvalue weighted by Gasteiger charge is -2.12. The number of unbranched alkanes of at least 4 members (excludes halogenated alkanes) is 2. The van der Waals surface area contributed by atoms with E-state index in [4.69, 9.17) is 4.98 Å². The zero-order valence-electron chi connectivity index (χ0n) is 16.9. The van der Waals surface area contributed by atoms with Crippen LogP contribution in [0.5, 0.6) is 0 Å². The molecule has 0 unspecified atom stereocenters. The molecule has 0 saturated heterocycles. The van der Waals surface area contributed by atoms with Gasteiger partial charge in [0.25, 0.3) is 0 Å². The molecule has 4 nitrogen and oxygen atoms in total. The average Bonchev–Trinajstić information content (AvgIpc) is 3.03. The van der Waals surface area contributed by atoms with Gasteiger partial charge in [-0.1, -0.05) is 49.4 Å². The molecule has 1 aromatic heterocycles. The molecule has 3 aromatic rings. The van der Waals surface area contributed by atoms with Gasteiger partial charge in [0, 0.05) is 25.1 Å². The molecule has 0 bridgehead atoms. The highest BCUT2D eigenvalue weighted by Gasteiger charge is 2.11. The number of hydrogen-bond acceptors (Lipinski definition) is 2. The van der Waals surface area contributed by atoms with E-state index in [0.717, 1.165) is 43.6 Å². The number of para-hydroxylation sites is 2. The van der Waals surface area contributed by atoms with Crippen LogP contribution in [-0.2, 0) is 17.8 Å². The minimum atomic E-state index is -0.0555. The fourth-order valence-electron chi connectivity index (χ4n) is 3.39. The Morgan fingerprint density at radius 1 is 1.07 bits per heavy atom. The normalized spacial score (nSPS) is 10.9. The summed E-state index contributed by atoms with van der Waals surface area (Å²) in [6.45, 7) is 9.09. The lowest BCUT2D eigenvalue weighted by Crippen LogP contribution is -2.24. The number of nitrogens with one attached hydrogen (secondary N) is 1. The van der Waals surface area contributed by atoms with Crippen molar-refractivity contribution in [1.82, 2.24) is 14.9 Å². The Balaban J connectivity index is 1.65. The molecule has 3 rings (SSSR count). The maximum atomic E-state index is 11.5. The molecule has 1 amide bonds. The van der Waals surface area contributed by atoms with Gasteiger partial charge < -0.3 is 9.88 Å². The summed E-state index contributed by atoms with van der Waals surface area (Å²) < 4.78 is 2.35. The molecule has 0 aliphatic carbocycles. The molecule has 0 atom stereocenters. The number of hydrogen-bond donors (Lipinski definition) is 1. The van der Waals surface area contributed by atoms with E-state index in [-0.39, 0.29) is 5.91 Å². The first-order valence-corrected chi connectivity index (χ1v) is 9.98. The molecular weight excluding hydrogens is 346 g/mol. The number of nitrogens with zero attached hydrogens (tertiary/aromatic N) is 2. The van der Waals surface area contributed by atoms with Gasteiger partial charge in [0.05, 0.1) is 11.0 Å². The molecule has 0 fully saturated rings. The average molecular weight is 376 g/mol. The number of imidazole rings is 1. The lowest BCUT2D eigenvalue weighted by atomic mass is 10.1. The molecular formula is C24H29N3O. The summed E-state index contributed by atoms with van der Waals surface area (Å²) in [6, 6.07) is 16.9. The van der Waals surface area contributed by atoms with Gasteiger partial charge in [-0.2, -0.15) is 0 Å². The zero-order chi connectivity index (χ0) is 19.9. The number of fused-ring (bicyclic) bond motifs is 1. The maximum Gasteiger partial charge on any atom is 0.246 e. The molecule has 0 saturated carbocycles. The predicted molar refractivity (Wildman–Crippen MR) is 115 cm³/mol. The van der Waals surface area contributed by atoms with Crippen molar-refractivity contribution in [3.05, 3.63) is 77.6 Å². The van der Waals surface area contributed by atoms with Crippen LogP contribution in [0.2, 0.25) is 0 Å². The Bertz CT molecular complexity index is 971. The molecule has 0 spiro atoms. The Kier molecular flexibility index (Phi) is 6.64. The summed E-state index contributed by atoms with van der Waals surface area (Å²) in [4.78, 5) is 16.4. The topological polar surface area (TPSA) is 46.9 Å².